The lowest BCUT2D eigenvalue weighted by Crippen LogP contribution is -2.44. The second-order valence-electron chi connectivity index (χ2n) is 7.94. The van der Waals surface area contributed by atoms with Crippen LogP contribution < -0.4 is 15.5 Å². The molecule has 32 heavy (non-hydrogen) atoms. The predicted molar refractivity (Wildman–Crippen MR) is 125 cm³/mol. The highest BCUT2D eigenvalue weighted by Gasteiger charge is 2.23. The smallest absolute Gasteiger partial charge is 0.321 e. The normalized spacial score (nSPS) is 16.9. The Balaban J connectivity index is 1.82. The van der Waals surface area contributed by atoms with Crippen molar-refractivity contribution in [2.75, 3.05) is 63.4 Å². The van der Waals surface area contributed by atoms with E-state index >= 15 is 0 Å². The monoisotopic (exact) mass is 483 g/mol. The van der Waals surface area contributed by atoms with Gasteiger partial charge in [0.2, 0.25) is 0 Å². The van der Waals surface area contributed by atoms with Crippen LogP contribution in [0.25, 0.3) is 10.7 Å². The zero-order valence-electron chi connectivity index (χ0n) is 18.7. The molecule has 2 aromatic rings. The molecule has 1 aliphatic heterocycles. The van der Waals surface area contributed by atoms with Crippen molar-refractivity contribution in [1.82, 2.24) is 25.2 Å². The number of urea groups is 1. The van der Waals surface area contributed by atoms with Gasteiger partial charge in [0.15, 0.2) is 20.8 Å². The SMILES string of the molecule is C[C@H]1COCCN1c1cc(CS(C)(=O)=O)nc(-c2cnc(NC(=O)NCCN(C)C)s2)n1. The Morgan fingerprint density at radius 2 is 2.16 bits per heavy atom. The second-order valence-corrected chi connectivity index (χ2v) is 11.1. The summed E-state index contributed by atoms with van der Waals surface area (Å²) >= 11 is 1.23. The molecule has 11 nitrogen and oxygen atoms in total. The van der Waals surface area contributed by atoms with Crippen LogP contribution in [0.1, 0.15) is 12.6 Å². The van der Waals surface area contributed by atoms with Crippen LogP contribution in [0.5, 0.6) is 0 Å². The number of ether oxygens (including phenoxy) is 1. The first-order chi connectivity index (χ1) is 15.1. The zero-order chi connectivity index (χ0) is 23.3. The third-order valence-electron chi connectivity index (χ3n) is 4.63. The van der Waals surface area contributed by atoms with Gasteiger partial charge in [0, 0.05) is 32.0 Å². The van der Waals surface area contributed by atoms with Gasteiger partial charge in [-0.3, -0.25) is 5.32 Å². The predicted octanol–water partition coefficient (Wildman–Crippen LogP) is 1.05. The van der Waals surface area contributed by atoms with Gasteiger partial charge in [0.05, 0.1) is 41.8 Å². The van der Waals surface area contributed by atoms with E-state index in [1.165, 1.54) is 17.6 Å². The minimum atomic E-state index is -3.28. The molecule has 2 aromatic heterocycles. The van der Waals surface area contributed by atoms with E-state index in [0.717, 1.165) is 6.54 Å². The Hall–Kier alpha value is -2.35. The van der Waals surface area contributed by atoms with Crippen molar-refractivity contribution in [2.24, 2.45) is 0 Å². The van der Waals surface area contributed by atoms with Crippen molar-refractivity contribution in [3.05, 3.63) is 18.0 Å². The van der Waals surface area contributed by atoms with Crippen molar-refractivity contribution in [2.45, 2.75) is 18.7 Å². The van der Waals surface area contributed by atoms with Gasteiger partial charge in [-0.25, -0.2) is 28.2 Å². The summed E-state index contributed by atoms with van der Waals surface area (Å²) in [7, 11) is 0.577. The summed E-state index contributed by atoms with van der Waals surface area (Å²) < 4.78 is 29.3. The van der Waals surface area contributed by atoms with Crippen molar-refractivity contribution >= 4 is 38.2 Å². The summed E-state index contributed by atoms with van der Waals surface area (Å²) in [6.45, 7) is 5.05. The third kappa shape index (κ3) is 7.08. The van der Waals surface area contributed by atoms with Gasteiger partial charge in [-0.2, -0.15) is 0 Å². The molecule has 3 heterocycles. The average molecular weight is 484 g/mol. The molecule has 1 fully saturated rings. The summed E-state index contributed by atoms with van der Waals surface area (Å²) in [6, 6.07) is 1.47. The first kappa shape index (κ1) is 24.3. The molecule has 176 valence electrons. The van der Waals surface area contributed by atoms with Crippen LogP contribution in [0.2, 0.25) is 0 Å². The molecule has 2 N–H and O–H groups in total. The number of carbonyl (C=O) groups is 1. The van der Waals surface area contributed by atoms with E-state index in [2.05, 4.69) is 30.5 Å². The molecule has 1 atom stereocenters. The van der Waals surface area contributed by atoms with E-state index in [-0.39, 0.29) is 17.8 Å². The van der Waals surface area contributed by atoms with E-state index in [1.807, 2.05) is 25.9 Å². The number of likely N-dealkylation sites (N-methyl/N-ethyl adjacent to an activating group) is 1. The maximum atomic E-state index is 12.1. The fourth-order valence-corrected chi connectivity index (χ4v) is 4.55. The maximum Gasteiger partial charge on any atom is 0.321 e. The Kier molecular flexibility index (Phi) is 7.98. The van der Waals surface area contributed by atoms with Crippen molar-refractivity contribution in [3.8, 4) is 10.7 Å². The highest BCUT2D eigenvalue weighted by molar-refractivity contribution is 7.89. The largest absolute Gasteiger partial charge is 0.377 e. The number of carbonyl (C=O) groups excluding carboxylic acids is 1. The molecule has 0 radical (unpaired) electrons. The van der Waals surface area contributed by atoms with Gasteiger partial charge in [0.25, 0.3) is 0 Å². The van der Waals surface area contributed by atoms with E-state index in [9.17, 15) is 13.2 Å². The molecule has 0 aromatic carbocycles. The Morgan fingerprint density at radius 3 is 2.84 bits per heavy atom. The molecule has 2 amide bonds. The fraction of sp³-hybridized carbons (Fsp3) is 0.579. The summed E-state index contributed by atoms with van der Waals surface area (Å²) in [6.07, 6.45) is 2.75. The summed E-state index contributed by atoms with van der Waals surface area (Å²) in [4.78, 5) is 30.1. The zero-order valence-corrected chi connectivity index (χ0v) is 20.3. The van der Waals surface area contributed by atoms with Crippen LogP contribution in [0.15, 0.2) is 12.3 Å². The van der Waals surface area contributed by atoms with E-state index in [4.69, 9.17) is 4.74 Å². The standard InChI is InChI=1S/C19H29N7O4S2/c1-13-11-30-8-7-26(13)16-9-14(12-32(4,28)29)22-17(23-16)15-10-21-19(31-15)24-18(27)20-5-6-25(2)3/h9-10,13H,5-8,11-12H2,1-4H3,(H2,20,21,24,27)/t13-/m0/s1. The molecule has 3 rings (SSSR count). The number of morpholine rings is 1. The van der Waals surface area contributed by atoms with Gasteiger partial charge < -0.3 is 19.9 Å². The number of hydrogen-bond donors (Lipinski definition) is 2. The van der Waals surface area contributed by atoms with Crippen LogP contribution in [0.4, 0.5) is 15.7 Å². The molecule has 13 heteroatoms. The first-order valence-corrected chi connectivity index (χ1v) is 13.0. The number of sulfone groups is 1. The number of amides is 2. The van der Waals surface area contributed by atoms with Crippen LogP contribution in [-0.2, 0) is 20.3 Å². The van der Waals surface area contributed by atoms with Crippen LogP contribution in [0.3, 0.4) is 0 Å². The summed E-state index contributed by atoms with van der Waals surface area (Å²) in [5.41, 5.74) is 0.413. The summed E-state index contributed by atoms with van der Waals surface area (Å²) in [5, 5.41) is 5.87. The topological polar surface area (TPSA) is 130 Å². The number of aromatic nitrogens is 3. The quantitative estimate of drug-likeness (QED) is 0.566. The van der Waals surface area contributed by atoms with Gasteiger partial charge >= 0.3 is 6.03 Å². The summed E-state index contributed by atoms with van der Waals surface area (Å²) in [5.74, 6) is 0.832. The molecule has 0 spiro atoms. The van der Waals surface area contributed by atoms with Gasteiger partial charge in [-0.15, -0.1) is 0 Å². The number of hydrogen-bond acceptors (Lipinski definition) is 10. The average Bonchev–Trinajstić information content (AvgIpc) is 3.15. The minimum Gasteiger partial charge on any atom is -0.377 e. The van der Waals surface area contributed by atoms with Crippen molar-refractivity contribution < 1.29 is 17.9 Å². The van der Waals surface area contributed by atoms with Crippen LogP contribution in [0, 0.1) is 0 Å². The van der Waals surface area contributed by atoms with Crippen molar-refractivity contribution in [1.29, 1.82) is 0 Å². The van der Waals surface area contributed by atoms with Gasteiger partial charge in [0.1, 0.15) is 5.82 Å². The number of thiazole rings is 1. The second kappa shape index (κ2) is 10.5. The minimum absolute atomic E-state index is 0.0992. The third-order valence-corrected chi connectivity index (χ3v) is 6.36. The lowest BCUT2D eigenvalue weighted by Gasteiger charge is -2.34. The first-order valence-electron chi connectivity index (χ1n) is 10.2. The van der Waals surface area contributed by atoms with Crippen LogP contribution in [-0.4, -0.2) is 93.5 Å². The van der Waals surface area contributed by atoms with E-state index < -0.39 is 9.84 Å². The Bertz CT molecular complexity index is 1040. The molecule has 0 bridgehead atoms. The highest BCUT2D eigenvalue weighted by Crippen LogP contribution is 2.29. The lowest BCUT2D eigenvalue weighted by molar-refractivity contribution is 0.0985. The number of anilines is 2. The molecular formula is C19H29N7O4S2. The molecule has 0 aliphatic carbocycles. The van der Waals surface area contributed by atoms with Crippen LogP contribution >= 0.6 is 11.3 Å². The fourth-order valence-electron chi connectivity index (χ4n) is 3.12. The Labute approximate surface area is 192 Å². The number of rotatable bonds is 8. The maximum absolute atomic E-state index is 12.1. The van der Waals surface area contributed by atoms with E-state index in [0.29, 0.717) is 53.6 Å². The lowest BCUT2D eigenvalue weighted by atomic mass is 10.2. The molecule has 0 saturated carbocycles. The molecule has 1 aliphatic rings. The van der Waals surface area contributed by atoms with Crippen molar-refractivity contribution in [3.63, 3.8) is 0 Å². The number of nitrogens with zero attached hydrogens (tertiary/aromatic N) is 5. The van der Waals surface area contributed by atoms with E-state index in [1.54, 1.807) is 12.3 Å². The molecule has 0 unspecified atom stereocenters. The van der Waals surface area contributed by atoms with Gasteiger partial charge in [-0.1, -0.05) is 11.3 Å². The molecule has 1 saturated heterocycles. The highest BCUT2D eigenvalue weighted by atomic mass is 32.2. The van der Waals surface area contributed by atoms with Gasteiger partial charge in [-0.05, 0) is 21.0 Å². The molecular weight excluding hydrogens is 454 g/mol. The number of nitrogens with one attached hydrogen (secondary N) is 2. The Morgan fingerprint density at radius 1 is 1.38 bits per heavy atom.